The van der Waals surface area contributed by atoms with Gasteiger partial charge in [0.1, 0.15) is 0 Å². The standard InChI is InChI=1S/C18H18BrNO/c1-2-15(21)20(19)18-16(13-9-5-3-6-10-13)17(18)14-11-7-4-8-12-14/h3-12,16-18H,2H2,1H3/t16-,17+,18?. The quantitative estimate of drug-likeness (QED) is 0.749. The van der Waals surface area contributed by atoms with Crippen molar-refractivity contribution >= 4 is 22.1 Å². The van der Waals surface area contributed by atoms with E-state index in [0.29, 0.717) is 18.3 Å². The van der Waals surface area contributed by atoms with Gasteiger partial charge in [-0.05, 0) is 11.1 Å². The first-order valence-corrected chi connectivity index (χ1v) is 8.02. The van der Waals surface area contributed by atoms with Gasteiger partial charge in [0, 0.05) is 18.3 Å². The molecule has 0 bridgehead atoms. The van der Waals surface area contributed by atoms with Crippen LogP contribution in [-0.4, -0.2) is 15.9 Å². The fraction of sp³-hybridized carbons (Fsp3) is 0.278. The van der Waals surface area contributed by atoms with E-state index in [1.54, 1.807) is 3.93 Å². The number of hydrogen-bond donors (Lipinski definition) is 0. The van der Waals surface area contributed by atoms with Crippen LogP contribution in [0, 0.1) is 0 Å². The van der Waals surface area contributed by atoms with Gasteiger partial charge in [0.15, 0.2) is 0 Å². The molecule has 21 heavy (non-hydrogen) atoms. The summed E-state index contributed by atoms with van der Waals surface area (Å²) in [7, 11) is 0. The highest BCUT2D eigenvalue weighted by Gasteiger charge is 2.55. The van der Waals surface area contributed by atoms with Gasteiger partial charge in [-0.2, -0.15) is 0 Å². The molecule has 108 valence electrons. The van der Waals surface area contributed by atoms with Crippen LogP contribution in [0.4, 0.5) is 0 Å². The second-order valence-electron chi connectivity index (χ2n) is 5.42. The van der Waals surface area contributed by atoms with Gasteiger partial charge in [-0.1, -0.05) is 67.6 Å². The van der Waals surface area contributed by atoms with Crippen molar-refractivity contribution < 1.29 is 4.79 Å². The highest BCUT2D eigenvalue weighted by atomic mass is 79.9. The van der Waals surface area contributed by atoms with Crippen LogP contribution in [0.2, 0.25) is 0 Å². The zero-order chi connectivity index (χ0) is 14.8. The van der Waals surface area contributed by atoms with Crippen molar-refractivity contribution in [3.8, 4) is 0 Å². The number of hydrogen-bond acceptors (Lipinski definition) is 1. The minimum atomic E-state index is 0.138. The fourth-order valence-electron chi connectivity index (χ4n) is 3.05. The van der Waals surface area contributed by atoms with Gasteiger partial charge >= 0.3 is 0 Å². The van der Waals surface area contributed by atoms with Crippen LogP contribution in [0.3, 0.4) is 0 Å². The number of carbonyl (C=O) groups is 1. The highest BCUT2D eigenvalue weighted by Crippen LogP contribution is 2.58. The van der Waals surface area contributed by atoms with Gasteiger partial charge in [0.25, 0.3) is 0 Å². The van der Waals surface area contributed by atoms with Crippen molar-refractivity contribution in [3.05, 3.63) is 71.8 Å². The number of rotatable bonds is 4. The molecule has 2 aromatic rings. The summed E-state index contributed by atoms with van der Waals surface area (Å²) in [6, 6.07) is 21.1. The van der Waals surface area contributed by atoms with Crippen LogP contribution in [0.1, 0.15) is 36.3 Å². The lowest BCUT2D eigenvalue weighted by molar-refractivity contribution is -0.125. The highest BCUT2D eigenvalue weighted by molar-refractivity contribution is 9.07. The van der Waals surface area contributed by atoms with E-state index in [9.17, 15) is 4.79 Å². The van der Waals surface area contributed by atoms with E-state index >= 15 is 0 Å². The molecule has 2 nitrogen and oxygen atoms in total. The molecular weight excluding hydrogens is 326 g/mol. The molecule has 3 heteroatoms. The fourth-order valence-corrected chi connectivity index (χ4v) is 3.81. The Morgan fingerprint density at radius 3 is 1.76 bits per heavy atom. The van der Waals surface area contributed by atoms with Crippen LogP contribution < -0.4 is 0 Å². The smallest absolute Gasteiger partial charge is 0.232 e. The molecule has 1 aliphatic rings. The molecule has 3 rings (SSSR count). The average molecular weight is 344 g/mol. The SMILES string of the molecule is CCC(=O)N(Br)C1[C@@H](c2ccccc2)[C@H]1c1ccccc1. The molecule has 0 N–H and O–H groups in total. The van der Waals surface area contributed by atoms with Crippen molar-refractivity contribution in [1.82, 2.24) is 3.93 Å². The number of carbonyl (C=O) groups excluding carboxylic acids is 1. The molecule has 1 fully saturated rings. The average Bonchev–Trinajstić information content (AvgIpc) is 3.30. The van der Waals surface area contributed by atoms with E-state index < -0.39 is 0 Å². The van der Waals surface area contributed by atoms with Gasteiger partial charge in [0.2, 0.25) is 5.91 Å². The summed E-state index contributed by atoms with van der Waals surface area (Å²) in [5, 5.41) is 0. The summed E-state index contributed by atoms with van der Waals surface area (Å²) >= 11 is 3.49. The molecule has 3 atom stereocenters. The van der Waals surface area contributed by atoms with Gasteiger partial charge in [-0.25, -0.2) is 0 Å². The maximum absolute atomic E-state index is 12.0. The van der Waals surface area contributed by atoms with Gasteiger partial charge < -0.3 is 0 Å². The van der Waals surface area contributed by atoms with Crippen molar-refractivity contribution in [2.45, 2.75) is 31.2 Å². The van der Waals surface area contributed by atoms with E-state index in [1.807, 2.05) is 19.1 Å². The second kappa shape index (κ2) is 6.02. The molecule has 0 heterocycles. The van der Waals surface area contributed by atoms with Gasteiger partial charge in [-0.15, -0.1) is 0 Å². The molecule has 1 saturated carbocycles. The van der Waals surface area contributed by atoms with Crippen molar-refractivity contribution in [1.29, 1.82) is 0 Å². The number of halogens is 1. The monoisotopic (exact) mass is 343 g/mol. The Morgan fingerprint density at radius 2 is 1.38 bits per heavy atom. The second-order valence-corrected chi connectivity index (χ2v) is 6.19. The predicted octanol–water partition coefficient (Wildman–Crippen LogP) is 4.48. The maximum atomic E-state index is 12.0. The molecule has 1 aliphatic carbocycles. The third-order valence-electron chi connectivity index (χ3n) is 4.15. The third kappa shape index (κ3) is 2.75. The summed E-state index contributed by atoms with van der Waals surface area (Å²) in [5.41, 5.74) is 2.59. The largest absolute Gasteiger partial charge is 0.275 e. The first kappa shape index (κ1) is 14.3. The number of amides is 1. The van der Waals surface area contributed by atoms with E-state index in [-0.39, 0.29) is 11.9 Å². The Labute approximate surface area is 134 Å². The van der Waals surface area contributed by atoms with E-state index in [1.165, 1.54) is 11.1 Å². The van der Waals surface area contributed by atoms with Crippen LogP contribution >= 0.6 is 16.1 Å². The molecule has 0 radical (unpaired) electrons. The van der Waals surface area contributed by atoms with Crippen LogP contribution in [0.25, 0.3) is 0 Å². The molecule has 1 amide bonds. The Morgan fingerprint density at radius 1 is 0.952 bits per heavy atom. The van der Waals surface area contributed by atoms with Gasteiger partial charge in [0.05, 0.1) is 22.2 Å². The molecular formula is C18H18BrNO. The van der Waals surface area contributed by atoms with E-state index in [0.717, 1.165) is 0 Å². The van der Waals surface area contributed by atoms with Crippen LogP contribution in [0.15, 0.2) is 60.7 Å². The summed E-state index contributed by atoms with van der Waals surface area (Å²) in [6.07, 6.45) is 0.519. The Balaban J connectivity index is 1.91. The first-order chi connectivity index (χ1) is 10.2. The maximum Gasteiger partial charge on any atom is 0.232 e. The lowest BCUT2D eigenvalue weighted by Crippen LogP contribution is -2.23. The van der Waals surface area contributed by atoms with Crippen molar-refractivity contribution in [2.75, 3.05) is 0 Å². The first-order valence-electron chi connectivity index (χ1n) is 7.31. The number of benzene rings is 2. The van der Waals surface area contributed by atoms with Gasteiger partial charge in [-0.3, -0.25) is 8.72 Å². The number of nitrogens with zero attached hydrogens (tertiary/aromatic N) is 1. The van der Waals surface area contributed by atoms with Crippen LogP contribution in [0.5, 0.6) is 0 Å². The van der Waals surface area contributed by atoms with E-state index in [2.05, 4.69) is 64.7 Å². The summed E-state index contributed by atoms with van der Waals surface area (Å²) in [4.78, 5) is 12.0. The molecule has 0 aliphatic heterocycles. The minimum Gasteiger partial charge on any atom is -0.275 e. The molecule has 0 saturated heterocycles. The zero-order valence-corrected chi connectivity index (χ0v) is 13.5. The van der Waals surface area contributed by atoms with Crippen LogP contribution in [-0.2, 0) is 4.79 Å². The normalized spacial score (nSPS) is 23.6. The minimum absolute atomic E-state index is 0.138. The Hall–Kier alpha value is -1.61. The third-order valence-corrected chi connectivity index (χ3v) is 5.02. The van der Waals surface area contributed by atoms with Crippen molar-refractivity contribution in [2.24, 2.45) is 0 Å². The Bertz CT molecular complexity index is 568. The predicted molar refractivity (Wildman–Crippen MR) is 88.2 cm³/mol. The molecule has 0 aromatic heterocycles. The molecule has 1 unspecified atom stereocenters. The summed E-state index contributed by atoms with van der Waals surface area (Å²) in [6.45, 7) is 1.90. The zero-order valence-electron chi connectivity index (χ0n) is 11.9. The van der Waals surface area contributed by atoms with E-state index in [4.69, 9.17) is 0 Å². The topological polar surface area (TPSA) is 20.3 Å². The molecule has 2 aromatic carbocycles. The lowest BCUT2D eigenvalue weighted by atomic mass is 10.0. The summed E-state index contributed by atoms with van der Waals surface area (Å²) in [5.74, 6) is 0.867. The Kier molecular flexibility index (Phi) is 4.11. The molecule has 0 spiro atoms. The lowest BCUT2D eigenvalue weighted by Gasteiger charge is -2.14. The van der Waals surface area contributed by atoms with Crippen molar-refractivity contribution in [3.63, 3.8) is 0 Å². The summed E-state index contributed by atoms with van der Waals surface area (Å²) < 4.78 is 1.75.